The van der Waals surface area contributed by atoms with E-state index >= 15 is 0 Å². The molecule has 3 aromatic rings. The molecule has 1 amide bonds. The number of carbonyl (C=O) groups is 1. The molecular weight excluding hydrogens is 331 g/mol. The fourth-order valence-electron chi connectivity index (χ4n) is 3.69. The third-order valence-corrected chi connectivity index (χ3v) is 5.04. The Balaban J connectivity index is 1.60. The van der Waals surface area contributed by atoms with Gasteiger partial charge in [-0.3, -0.25) is 4.79 Å². The maximum absolute atomic E-state index is 13.3. The van der Waals surface area contributed by atoms with Crippen molar-refractivity contribution in [1.29, 1.82) is 0 Å². The van der Waals surface area contributed by atoms with Crippen molar-refractivity contribution in [1.82, 2.24) is 14.6 Å². The molecule has 6 heteroatoms. The van der Waals surface area contributed by atoms with E-state index in [-0.39, 0.29) is 11.7 Å². The molecule has 0 aliphatic heterocycles. The third kappa shape index (κ3) is 3.45. The van der Waals surface area contributed by atoms with Gasteiger partial charge in [0.2, 0.25) is 5.91 Å². The Bertz CT molecular complexity index is 913. The molecule has 26 heavy (non-hydrogen) atoms. The predicted molar refractivity (Wildman–Crippen MR) is 98.2 cm³/mol. The minimum atomic E-state index is -0.305. The molecule has 1 saturated carbocycles. The van der Waals surface area contributed by atoms with Gasteiger partial charge in [0.15, 0.2) is 11.5 Å². The van der Waals surface area contributed by atoms with E-state index in [0.717, 1.165) is 12.0 Å². The summed E-state index contributed by atoms with van der Waals surface area (Å²) in [7, 11) is 0. The van der Waals surface area contributed by atoms with Crippen LogP contribution in [0.1, 0.15) is 38.5 Å². The first-order chi connectivity index (χ1) is 12.7. The average Bonchev–Trinajstić information content (AvgIpc) is 3.28. The van der Waals surface area contributed by atoms with Crippen LogP contribution >= 0.6 is 0 Å². The lowest BCUT2D eigenvalue weighted by Crippen LogP contribution is -2.13. The molecule has 2 heterocycles. The molecule has 0 unspecified atom stereocenters. The Morgan fingerprint density at radius 1 is 1.23 bits per heavy atom. The van der Waals surface area contributed by atoms with Crippen LogP contribution in [0.4, 0.5) is 10.2 Å². The van der Waals surface area contributed by atoms with Gasteiger partial charge in [-0.2, -0.15) is 0 Å². The molecule has 1 fully saturated rings. The fourth-order valence-corrected chi connectivity index (χ4v) is 3.69. The number of hydrogen-bond donors (Lipinski definition) is 1. The summed E-state index contributed by atoms with van der Waals surface area (Å²) >= 11 is 0. The van der Waals surface area contributed by atoms with Gasteiger partial charge in [0.1, 0.15) is 5.82 Å². The number of amides is 1. The van der Waals surface area contributed by atoms with Crippen LogP contribution < -0.4 is 5.32 Å². The number of rotatable bonds is 5. The van der Waals surface area contributed by atoms with Crippen LogP contribution in [0.3, 0.4) is 0 Å². The van der Waals surface area contributed by atoms with Crippen LogP contribution in [0.5, 0.6) is 0 Å². The van der Waals surface area contributed by atoms with Gasteiger partial charge in [0, 0.05) is 18.8 Å². The summed E-state index contributed by atoms with van der Waals surface area (Å²) < 4.78 is 14.9. The van der Waals surface area contributed by atoms with E-state index in [0.29, 0.717) is 29.4 Å². The molecule has 4 rings (SSSR count). The lowest BCUT2D eigenvalue weighted by molar-refractivity contribution is -0.116. The summed E-state index contributed by atoms with van der Waals surface area (Å²) in [5.41, 5.74) is 2.11. The highest BCUT2D eigenvalue weighted by Crippen LogP contribution is 2.32. The molecule has 0 atom stereocenters. The lowest BCUT2D eigenvalue weighted by atomic mass is 10.0. The molecule has 0 bridgehead atoms. The zero-order valence-corrected chi connectivity index (χ0v) is 14.5. The number of anilines is 1. The van der Waals surface area contributed by atoms with Crippen molar-refractivity contribution < 1.29 is 9.18 Å². The number of nitrogens with zero attached hydrogens (tertiary/aromatic N) is 3. The first-order valence-corrected chi connectivity index (χ1v) is 9.10. The molecule has 1 aliphatic carbocycles. The van der Waals surface area contributed by atoms with Crippen molar-refractivity contribution in [2.24, 2.45) is 5.92 Å². The van der Waals surface area contributed by atoms with Gasteiger partial charge in [-0.15, -0.1) is 5.10 Å². The SMILES string of the molecule is O=C(CCC1CCCC1)Nc1nn2cccnc2c1-c1ccc(F)cc1. The Morgan fingerprint density at radius 2 is 2.00 bits per heavy atom. The second kappa shape index (κ2) is 7.23. The Kier molecular flexibility index (Phi) is 4.65. The van der Waals surface area contributed by atoms with Crippen LogP contribution in [0.2, 0.25) is 0 Å². The maximum Gasteiger partial charge on any atom is 0.225 e. The molecule has 1 aliphatic rings. The van der Waals surface area contributed by atoms with Crippen LogP contribution in [0.25, 0.3) is 16.8 Å². The Morgan fingerprint density at radius 3 is 2.77 bits per heavy atom. The van der Waals surface area contributed by atoms with Crippen LogP contribution in [0, 0.1) is 11.7 Å². The molecule has 1 N–H and O–H groups in total. The van der Waals surface area contributed by atoms with Gasteiger partial charge in [0.25, 0.3) is 0 Å². The number of aromatic nitrogens is 3. The van der Waals surface area contributed by atoms with E-state index in [9.17, 15) is 9.18 Å². The first-order valence-electron chi connectivity index (χ1n) is 9.10. The minimum absolute atomic E-state index is 0.0383. The average molecular weight is 352 g/mol. The van der Waals surface area contributed by atoms with E-state index in [1.165, 1.54) is 37.8 Å². The topological polar surface area (TPSA) is 59.3 Å². The molecule has 0 saturated heterocycles. The highest BCUT2D eigenvalue weighted by molar-refractivity contribution is 5.97. The fraction of sp³-hybridized carbons (Fsp3) is 0.350. The second-order valence-corrected chi connectivity index (χ2v) is 6.86. The smallest absolute Gasteiger partial charge is 0.225 e. The summed E-state index contributed by atoms with van der Waals surface area (Å²) in [5.74, 6) is 0.788. The summed E-state index contributed by atoms with van der Waals surface area (Å²) in [6, 6.07) is 7.92. The number of nitrogens with one attached hydrogen (secondary N) is 1. The van der Waals surface area contributed by atoms with Crippen LogP contribution in [-0.2, 0) is 4.79 Å². The monoisotopic (exact) mass is 352 g/mol. The number of halogens is 1. The minimum Gasteiger partial charge on any atom is -0.309 e. The van der Waals surface area contributed by atoms with Crippen molar-refractivity contribution in [3.05, 3.63) is 48.5 Å². The van der Waals surface area contributed by atoms with Gasteiger partial charge >= 0.3 is 0 Å². The number of benzene rings is 1. The molecular formula is C20H21FN4O. The highest BCUT2D eigenvalue weighted by atomic mass is 19.1. The van der Waals surface area contributed by atoms with Gasteiger partial charge in [-0.1, -0.05) is 37.8 Å². The van der Waals surface area contributed by atoms with E-state index in [2.05, 4.69) is 15.4 Å². The zero-order valence-electron chi connectivity index (χ0n) is 14.5. The first kappa shape index (κ1) is 16.7. The van der Waals surface area contributed by atoms with E-state index in [4.69, 9.17) is 0 Å². The number of carbonyl (C=O) groups excluding carboxylic acids is 1. The van der Waals surface area contributed by atoms with E-state index in [1.807, 2.05) is 0 Å². The standard InChI is InChI=1S/C20H21FN4O/c21-16-9-7-15(8-10-16)18-19(24-25-13-3-12-22-20(18)25)23-17(26)11-6-14-4-1-2-5-14/h3,7-10,12-14H,1-2,4-6,11H2,(H,23,24,26). The molecule has 2 aromatic heterocycles. The summed E-state index contributed by atoms with van der Waals surface area (Å²) in [4.78, 5) is 16.8. The molecule has 1 aromatic carbocycles. The third-order valence-electron chi connectivity index (χ3n) is 5.04. The second-order valence-electron chi connectivity index (χ2n) is 6.86. The van der Waals surface area contributed by atoms with Gasteiger partial charge < -0.3 is 5.32 Å². The van der Waals surface area contributed by atoms with Gasteiger partial charge in [-0.05, 0) is 36.1 Å². The van der Waals surface area contributed by atoms with E-state index in [1.54, 1.807) is 35.1 Å². The van der Waals surface area contributed by atoms with Crippen molar-refractivity contribution in [2.45, 2.75) is 38.5 Å². The summed E-state index contributed by atoms with van der Waals surface area (Å²) in [5, 5.41) is 7.39. The van der Waals surface area contributed by atoms with E-state index < -0.39 is 0 Å². The highest BCUT2D eigenvalue weighted by Gasteiger charge is 2.20. The zero-order chi connectivity index (χ0) is 17.9. The van der Waals surface area contributed by atoms with Gasteiger partial charge in [0.05, 0.1) is 5.56 Å². The maximum atomic E-state index is 13.3. The van der Waals surface area contributed by atoms with Crippen molar-refractivity contribution >= 4 is 17.4 Å². The van der Waals surface area contributed by atoms with Crippen LogP contribution in [-0.4, -0.2) is 20.5 Å². The van der Waals surface area contributed by atoms with Crippen LogP contribution in [0.15, 0.2) is 42.7 Å². The predicted octanol–water partition coefficient (Wildman–Crippen LogP) is 4.44. The van der Waals surface area contributed by atoms with Gasteiger partial charge in [-0.25, -0.2) is 13.9 Å². The van der Waals surface area contributed by atoms with Crippen molar-refractivity contribution in [3.8, 4) is 11.1 Å². The van der Waals surface area contributed by atoms with Crippen molar-refractivity contribution in [2.75, 3.05) is 5.32 Å². The molecule has 0 spiro atoms. The Labute approximate surface area is 151 Å². The molecule has 134 valence electrons. The lowest BCUT2D eigenvalue weighted by Gasteiger charge is -2.09. The molecule has 5 nitrogen and oxygen atoms in total. The number of fused-ring (bicyclic) bond motifs is 1. The normalized spacial score (nSPS) is 14.8. The molecule has 0 radical (unpaired) electrons. The Hall–Kier alpha value is -2.76. The van der Waals surface area contributed by atoms with Crippen molar-refractivity contribution in [3.63, 3.8) is 0 Å². The number of hydrogen-bond acceptors (Lipinski definition) is 3. The quantitative estimate of drug-likeness (QED) is 0.738. The summed E-state index contributed by atoms with van der Waals surface area (Å²) in [6.45, 7) is 0. The largest absolute Gasteiger partial charge is 0.309 e. The summed E-state index contributed by atoms with van der Waals surface area (Å²) in [6.07, 6.45) is 9.88.